The Morgan fingerprint density at radius 2 is 1.77 bits per heavy atom. The van der Waals surface area contributed by atoms with Gasteiger partial charge in [0, 0.05) is 7.11 Å². The Kier molecular flexibility index (Phi) is 2.63. The Morgan fingerprint density at radius 1 is 1.31 bits per heavy atom. The zero-order valence-corrected chi connectivity index (χ0v) is 8.11. The summed E-state index contributed by atoms with van der Waals surface area (Å²) in [6, 6.07) is 0. The van der Waals surface area contributed by atoms with Crippen molar-refractivity contribution in [1.82, 2.24) is 0 Å². The van der Waals surface area contributed by atoms with Crippen LogP contribution < -0.4 is 0 Å². The van der Waals surface area contributed by atoms with Crippen LogP contribution in [-0.4, -0.2) is 18.9 Å². The second-order valence-electron chi connectivity index (χ2n) is 4.11. The lowest BCUT2D eigenvalue weighted by Crippen LogP contribution is -2.57. The van der Waals surface area contributed by atoms with Crippen LogP contribution in [0.15, 0.2) is 0 Å². The minimum atomic E-state index is -4.22. The molecule has 0 aromatic rings. The van der Waals surface area contributed by atoms with Crippen LogP contribution in [-0.2, 0) is 4.74 Å². The van der Waals surface area contributed by atoms with E-state index in [0.717, 1.165) is 7.11 Å². The van der Waals surface area contributed by atoms with Crippen LogP contribution in [0, 0.1) is 11.8 Å². The molecule has 4 heteroatoms. The van der Waals surface area contributed by atoms with Gasteiger partial charge >= 0.3 is 6.18 Å². The zero-order chi connectivity index (χ0) is 10.3. The minimum absolute atomic E-state index is 0.116. The molecule has 1 aliphatic carbocycles. The average Bonchev–Trinajstić information content (AvgIpc) is 1.81. The van der Waals surface area contributed by atoms with Crippen molar-refractivity contribution in [3.05, 3.63) is 0 Å². The number of alkyl halides is 3. The summed E-state index contributed by atoms with van der Waals surface area (Å²) in [4.78, 5) is 0. The highest BCUT2D eigenvalue weighted by molar-refractivity contribution is 5.01. The number of ether oxygens (including phenoxy) is 1. The Balaban J connectivity index is 2.61. The van der Waals surface area contributed by atoms with E-state index in [9.17, 15) is 13.2 Å². The van der Waals surface area contributed by atoms with Gasteiger partial charge in [-0.2, -0.15) is 13.2 Å². The van der Waals surface area contributed by atoms with E-state index in [-0.39, 0.29) is 18.8 Å². The molecule has 78 valence electrons. The molecule has 0 atom stereocenters. The normalized spacial score (nSPS) is 34.8. The number of hydrogen-bond donors (Lipinski definition) is 0. The van der Waals surface area contributed by atoms with Gasteiger partial charge in [-0.25, -0.2) is 0 Å². The summed E-state index contributed by atoms with van der Waals surface area (Å²) in [5, 5.41) is 0. The van der Waals surface area contributed by atoms with Gasteiger partial charge in [0.2, 0.25) is 0 Å². The monoisotopic (exact) mass is 196 g/mol. The van der Waals surface area contributed by atoms with Gasteiger partial charge in [0.15, 0.2) is 5.60 Å². The SMILES string of the molecule is COC1(C(F)(F)F)CC(C(C)C)C1. The molecule has 13 heavy (non-hydrogen) atoms. The lowest BCUT2D eigenvalue weighted by atomic mass is 9.65. The smallest absolute Gasteiger partial charge is 0.369 e. The van der Waals surface area contributed by atoms with Crippen molar-refractivity contribution in [2.75, 3.05) is 7.11 Å². The fraction of sp³-hybridized carbons (Fsp3) is 1.00. The summed E-state index contributed by atoms with van der Waals surface area (Å²) < 4.78 is 42.0. The third-order valence-corrected chi connectivity index (χ3v) is 3.03. The summed E-state index contributed by atoms with van der Waals surface area (Å²) in [6.45, 7) is 3.89. The van der Waals surface area contributed by atoms with Gasteiger partial charge in [-0.3, -0.25) is 0 Å². The molecule has 0 spiro atoms. The van der Waals surface area contributed by atoms with Gasteiger partial charge in [-0.15, -0.1) is 0 Å². The largest absolute Gasteiger partial charge is 0.417 e. The molecule has 0 bridgehead atoms. The maximum absolute atomic E-state index is 12.5. The summed E-state index contributed by atoms with van der Waals surface area (Å²) in [5.41, 5.74) is -1.85. The molecule has 1 saturated carbocycles. The summed E-state index contributed by atoms with van der Waals surface area (Å²) >= 11 is 0. The van der Waals surface area contributed by atoms with Crippen molar-refractivity contribution in [3.63, 3.8) is 0 Å². The summed E-state index contributed by atoms with van der Waals surface area (Å²) in [7, 11) is 1.14. The fourth-order valence-electron chi connectivity index (χ4n) is 1.77. The number of methoxy groups -OCH3 is 1. The van der Waals surface area contributed by atoms with E-state index in [1.54, 1.807) is 0 Å². The molecular formula is C9H15F3O. The van der Waals surface area contributed by atoms with E-state index >= 15 is 0 Å². The summed E-state index contributed by atoms with van der Waals surface area (Å²) in [5.74, 6) is 0.465. The Morgan fingerprint density at radius 3 is 2.00 bits per heavy atom. The fourth-order valence-corrected chi connectivity index (χ4v) is 1.77. The van der Waals surface area contributed by atoms with E-state index in [4.69, 9.17) is 0 Å². The van der Waals surface area contributed by atoms with Gasteiger partial charge in [-0.1, -0.05) is 13.8 Å². The number of hydrogen-bond acceptors (Lipinski definition) is 1. The van der Waals surface area contributed by atoms with Crippen molar-refractivity contribution in [3.8, 4) is 0 Å². The highest BCUT2D eigenvalue weighted by Crippen LogP contribution is 2.53. The highest BCUT2D eigenvalue weighted by atomic mass is 19.4. The Hall–Kier alpha value is -0.250. The molecule has 1 nitrogen and oxygen atoms in total. The van der Waals surface area contributed by atoms with Crippen LogP contribution in [0.25, 0.3) is 0 Å². The van der Waals surface area contributed by atoms with Crippen LogP contribution in [0.1, 0.15) is 26.7 Å². The second kappa shape index (κ2) is 3.15. The molecule has 0 aliphatic heterocycles. The van der Waals surface area contributed by atoms with Crippen molar-refractivity contribution in [2.45, 2.75) is 38.5 Å². The van der Waals surface area contributed by atoms with Gasteiger partial charge in [0.05, 0.1) is 0 Å². The van der Waals surface area contributed by atoms with Crippen LogP contribution in [0.4, 0.5) is 13.2 Å². The first-order valence-electron chi connectivity index (χ1n) is 4.44. The molecule has 0 aromatic heterocycles. The molecule has 0 amide bonds. The lowest BCUT2D eigenvalue weighted by molar-refractivity contribution is -0.311. The van der Waals surface area contributed by atoms with E-state index in [1.165, 1.54) is 0 Å². The molecule has 0 saturated heterocycles. The maximum atomic E-state index is 12.5. The predicted octanol–water partition coefficient (Wildman–Crippen LogP) is 3.00. The molecule has 0 N–H and O–H groups in total. The third-order valence-electron chi connectivity index (χ3n) is 3.03. The number of halogens is 3. The van der Waals surface area contributed by atoms with E-state index in [2.05, 4.69) is 4.74 Å². The van der Waals surface area contributed by atoms with E-state index in [0.29, 0.717) is 5.92 Å². The molecule has 1 fully saturated rings. The molecular weight excluding hydrogens is 181 g/mol. The molecule has 1 aliphatic rings. The summed E-state index contributed by atoms with van der Waals surface area (Å²) in [6.07, 6.45) is -3.98. The molecule has 0 heterocycles. The van der Waals surface area contributed by atoms with Crippen molar-refractivity contribution in [2.24, 2.45) is 11.8 Å². The quantitative estimate of drug-likeness (QED) is 0.659. The van der Waals surface area contributed by atoms with Gasteiger partial charge < -0.3 is 4.74 Å². The molecule has 0 aromatic carbocycles. The Labute approximate surface area is 76.3 Å². The van der Waals surface area contributed by atoms with Gasteiger partial charge in [-0.05, 0) is 24.7 Å². The molecule has 0 unspecified atom stereocenters. The van der Waals surface area contributed by atoms with Crippen LogP contribution in [0.3, 0.4) is 0 Å². The molecule has 1 rings (SSSR count). The van der Waals surface area contributed by atoms with Crippen LogP contribution in [0.5, 0.6) is 0 Å². The second-order valence-corrected chi connectivity index (χ2v) is 4.11. The minimum Gasteiger partial charge on any atom is -0.369 e. The first-order valence-corrected chi connectivity index (χ1v) is 4.44. The lowest BCUT2D eigenvalue weighted by Gasteiger charge is -2.48. The standard InChI is InChI=1S/C9H15F3O/c1-6(2)7-4-8(5-7,13-3)9(10,11)12/h6-7H,4-5H2,1-3H3. The van der Waals surface area contributed by atoms with Crippen LogP contribution in [0.2, 0.25) is 0 Å². The highest BCUT2D eigenvalue weighted by Gasteiger charge is 2.62. The Bertz CT molecular complexity index is 180. The van der Waals surface area contributed by atoms with Gasteiger partial charge in [0.1, 0.15) is 0 Å². The average molecular weight is 196 g/mol. The number of rotatable bonds is 2. The van der Waals surface area contributed by atoms with E-state index in [1.807, 2.05) is 13.8 Å². The zero-order valence-electron chi connectivity index (χ0n) is 8.11. The van der Waals surface area contributed by atoms with Crippen molar-refractivity contribution < 1.29 is 17.9 Å². The van der Waals surface area contributed by atoms with E-state index < -0.39 is 11.8 Å². The van der Waals surface area contributed by atoms with Gasteiger partial charge in [0.25, 0.3) is 0 Å². The molecule has 0 radical (unpaired) electrons. The maximum Gasteiger partial charge on any atom is 0.417 e. The predicted molar refractivity (Wildman–Crippen MR) is 43.4 cm³/mol. The first-order chi connectivity index (χ1) is 5.82. The van der Waals surface area contributed by atoms with Crippen molar-refractivity contribution >= 4 is 0 Å². The first kappa shape index (κ1) is 10.8. The topological polar surface area (TPSA) is 9.23 Å². The van der Waals surface area contributed by atoms with Crippen LogP contribution >= 0.6 is 0 Å². The van der Waals surface area contributed by atoms with Crippen molar-refractivity contribution in [1.29, 1.82) is 0 Å². The third kappa shape index (κ3) is 1.68.